The van der Waals surface area contributed by atoms with Crippen molar-refractivity contribution in [2.75, 3.05) is 0 Å². The number of carbonyl (C=O) groups excluding carboxylic acids is 1. The maximum atomic E-state index is 12.0. The molecule has 1 atom stereocenters. The monoisotopic (exact) mass is 219 g/mol. The van der Waals surface area contributed by atoms with Crippen molar-refractivity contribution >= 4 is 11.9 Å². The highest BCUT2D eigenvalue weighted by Gasteiger charge is 2.34. The van der Waals surface area contributed by atoms with Gasteiger partial charge in [-0.3, -0.25) is 4.79 Å². The van der Waals surface area contributed by atoms with E-state index in [-0.39, 0.29) is 5.91 Å². The van der Waals surface area contributed by atoms with Crippen molar-refractivity contribution in [3.05, 3.63) is 35.4 Å². The molecule has 0 spiro atoms. The number of fused-ring (bicyclic) bond motifs is 1. The third-order valence-corrected chi connectivity index (χ3v) is 2.90. The summed E-state index contributed by atoms with van der Waals surface area (Å²) < 4.78 is 0. The fourth-order valence-corrected chi connectivity index (χ4v) is 2.06. The Morgan fingerprint density at radius 2 is 2.19 bits per heavy atom. The molecule has 2 rings (SSSR count). The molecule has 1 amide bonds. The third-order valence-electron chi connectivity index (χ3n) is 2.90. The van der Waals surface area contributed by atoms with Crippen LogP contribution in [0.1, 0.15) is 29.3 Å². The van der Waals surface area contributed by atoms with Crippen LogP contribution in [0.15, 0.2) is 24.3 Å². The molecule has 1 aromatic rings. The largest absolute Gasteiger partial charge is 0.480 e. The van der Waals surface area contributed by atoms with Crippen LogP contribution < -0.4 is 0 Å². The van der Waals surface area contributed by atoms with E-state index in [4.69, 9.17) is 5.11 Å². The highest BCUT2D eigenvalue weighted by atomic mass is 16.4. The standard InChI is InChI=1S/C12H13NO3/c1-2-10(12(15)16)13-7-8-5-3-4-6-9(8)11(13)14/h3-6,10H,2,7H2,1H3,(H,15,16). The van der Waals surface area contributed by atoms with E-state index in [0.717, 1.165) is 5.56 Å². The zero-order chi connectivity index (χ0) is 11.7. The van der Waals surface area contributed by atoms with Gasteiger partial charge in [0.2, 0.25) is 0 Å². The molecule has 4 nitrogen and oxygen atoms in total. The second kappa shape index (κ2) is 3.96. The number of benzene rings is 1. The quantitative estimate of drug-likeness (QED) is 0.838. The summed E-state index contributed by atoms with van der Waals surface area (Å²) in [4.78, 5) is 24.4. The molecule has 16 heavy (non-hydrogen) atoms. The molecule has 1 aromatic carbocycles. The highest BCUT2D eigenvalue weighted by Crippen LogP contribution is 2.25. The van der Waals surface area contributed by atoms with E-state index in [2.05, 4.69) is 0 Å². The topological polar surface area (TPSA) is 57.6 Å². The summed E-state index contributed by atoms with van der Waals surface area (Å²) in [5, 5.41) is 9.04. The summed E-state index contributed by atoms with van der Waals surface area (Å²) >= 11 is 0. The van der Waals surface area contributed by atoms with Gasteiger partial charge >= 0.3 is 5.97 Å². The van der Waals surface area contributed by atoms with Crippen LogP contribution in [0.25, 0.3) is 0 Å². The van der Waals surface area contributed by atoms with Crippen molar-refractivity contribution in [2.24, 2.45) is 0 Å². The lowest BCUT2D eigenvalue weighted by Crippen LogP contribution is -2.40. The second-order valence-corrected chi connectivity index (χ2v) is 3.85. The average molecular weight is 219 g/mol. The molecule has 0 saturated carbocycles. The number of amides is 1. The van der Waals surface area contributed by atoms with Crippen molar-refractivity contribution < 1.29 is 14.7 Å². The van der Waals surface area contributed by atoms with E-state index in [0.29, 0.717) is 18.5 Å². The molecule has 0 saturated heterocycles. The van der Waals surface area contributed by atoms with Crippen molar-refractivity contribution in [1.29, 1.82) is 0 Å². The Hall–Kier alpha value is -1.84. The summed E-state index contributed by atoms with van der Waals surface area (Å²) in [5.41, 5.74) is 1.54. The minimum absolute atomic E-state index is 0.176. The summed E-state index contributed by atoms with van der Waals surface area (Å²) in [5.74, 6) is -1.12. The molecule has 4 heteroatoms. The van der Waals surface area contributed by atoms with Gasteiger partial charge in [-0.1, -0.05) is 25.1 Å². The lowest BCUT2D eigenvalue weighted by Gasteiger charge is -2.22. The molecule has 1 aliphatic heterocycles. The minimum atomic E-state index is -0.941. The Bertz CT molecular complexity index is 442. The molecule has 0 fully saturated rings. The predicted octanol–water partition coefficient (Wildman–Crippen LogP) is 1.51. The van der Waals surface area contributed by atoms with Gasteiger partial charge in [0.05, 0.1) is 0 Å². The number of carbonyl (C=O) groups is 2. The van der Waals surface area contributed by atoms with E-state index >= 15 is 0 Å². The van der Waals surface area contributed by atoms with Crippen LogP contribution in [-0.4, -0.2) is 27.9 Å². The number of hydrogen-bond donors (Lipinski definition) is 1. The Balaban J connectivity index is 2.31. The van der Waals surface area contributed by atoms with Crippen LogP contribution in [0.4, 0.5) is 0 Å². The Morgan fingerprint density at radius 3 is 2.75 bits per heavy atom. The van der Waals surface area contributed by atoms with Crippen LogP contribution in [0, 0.1) is 0 Å². The van der Waals surface area contributed by atoms with Crippen molar-refractivity contribution in [1.82, 2.24) is 4.90 Å². The maximum absolute atomic E-state index is 12.0. The van der Waals surface area contributed by atoms with Gasteiger partial charge < -0.3 is 10.0 Å². The third kappa shape index (κ3) is 1.56. The molecule has 0 aromatic heterocycles. The maximum Gasteiger partial charge on any atom is 0.326 e. The first-order chi connectivity index (χ1) is 7.65. The summed E-state index contributed by atoms with van der Waals surface area (Å²) in [6.07, 6.45) is 0.426. The number of carboxylic acid groups (broad SMARTS) is 1. The molecular weight excluding hydrogens is 206 g/mol. The Kier molecular flexibility index (Phi) is 2.64. The first kappa shape index (κ1) is 10.7. The molecule has 1 N–H and O–H groups in total. The molecule has 0 radical (unpaired) electrons. The van der Waals surface area contributed by atoms with Gasteiger partial charge in [-0.15, -0.1) is 0 Å². The highest BCUT2D eigenvalue weighted by molar-refractivity contribution is 6.00. The molecule has 1 unspecified atom stereocenters. The fraction of sp³-hybridized carbons (Fsp3) is 0.333. The lowest BCUT2D eigenvalue weighted by molar-refractivity contribution is -0.142. The fourth-order valence-electron chi connectivity index (χ4n) is 2.06. The minimum Gasteiger partial charge on any atom is -0.480 e. The molecule has 0 aliphatic carbocycles. The lowest BCUT2D eigenvalue weighted by atomic mass is 10.1. The summed E-state index contributed by atoms with van der Waals surface area (Å²) in [6.45, 7) is 2.18. The van der Waals surface area contributed by atoms with Crippen molar-refractivity contribution in [2.45, 2.75) is 25.9 Å². The van der Waals surface area contributed by atoms with Gasteiger partial charge in [0.15, 0.2) is 0 Å². The molecular formula is C12H13NO3. The van der Waals surface area contributed by atoms with E-state index in [1.54, 1.807) is 19.1 Å². The molecule has 84 valence electrons. The van der Waals surface area contributed by atoms with Crippen LogP contribution >= 0.6 is 0 Å². The SMILES string of the molecule is CCC(C(=O)O)N1Cc2ccccc2C1=O. The van der Waals surface area contributed by atoms with Crippen LogP contribution in [0.5, 0.6) is 0 Å². The zero-order valence-corrected chi connectivity index (χ0v) is 9.01. The van der Waals surface area contributed by atoms with Gasteiger partial charge in [-0.2, -0.15) is 0 Å². The predicted molar refractivity (Wildman–Crippen MR) is 58.0 cm³/mol. The number of nitrogens with zero attached hydrogens (tertiary/aromatic N) is 1. The molecule has 1 aliphatic rings. The van der Waals surface area contributed by atoms with E-state index < -0.39 is 12.0 Å². The second-order valence-electron chi connectivity index (χ2n) is 3.85. The first-order valence-corrected chi connectivity index (χ1v) is 5.26. The van der Waals surface area contributed by atoms with E-state index in [9.17, 15) is 9.59 Å². The summed E-state index contributed by atoms with van der Waals surface area (Å²) in [7, 11) is 0. The number of carboxylic acids is 1. The van der Waals surface area contributed by atoms with Crippen LogP contribution in [0.2, 0.25) is 0 Å². The summed E-state index contributed by atoms with van der Waals surface area (Å²) in [6, 6.07) is 6.53. The normalized spacial score (nSPS) is 16.1. The van der Waals surface area contributed by atoms with Gasteiger partial charge in [0.1, 0.15) is 6.04 Å². The van der Waals surface area contributed by atoms with Gasteiger partial charge in [-0.05, 0) is 18.1 Å². The smallest absolute Gasteiger partial charge is 0.326 e. The Morgan fingerprint density at radius 1 is 1.50 bits per heavy atom. The van der Waals surface area contributed by atoms with Crippen molar-refractivity contribution in [3.63, 3.8) is 0 Å². The van der Waals surface area contributed by atoms with Crippen molar-refractivity contribution in [3.8, 4) is 0 Å². The van der Waals surface area contributed by atoms with Crippen LogP contribution in [-0.2, 0) is 11.3 Å². The van der Waals surface area contributed by atoms with Gasteiger partial charge in [0.25, 0.3) is 5.91 Å². The zero-order valence-electron chi connectivity index (χ0n) is 9.01. The van der Waals surface area contributed by atoms with Gasteiger partial charge in [0, 0.05) is 12.1 Å². The van der Waals surface area contributed by atoms with Crippen LogP contribution in [0.3, 0.4) is 0 Å². The number of hydrogen-bond acceptors (Lipinski definition) is 2. The Labute approximate surface area is 93.5 Å². The molecule has 0 bridgehead atoms. The van der Waals surface area contributed by atoms with E-state index in [1.807, 2.05) is 12.1 Å². The first-order valence-electron chi connectivity index (χ1n) is 5.26. The van der Waals surface area contributed by atoms with Gasteiger partial charge in [-0.25, -0.2) is 4.79 Å². The number of rotatable bonds is 3. The molecule has 1 heterocycles. The van der Waals surface area contributed by atoms with E-state index in [1.165, 1.54) is 4.90 Å². The number of aliphatic carboxylic acids is 1. The average Bonchev–Trinajstić information content (AvgIpc) is 2.58.